The van der Waals surface area contributed by atoms with Gasteiger partial charge in [0.15, 0.2) is 0 Å². The molecule has 1 amide bonds. The molecule has 1 aromatic carbocycles. The van der Waals surface area contributed by atoms with Gasteiger partial charge in [-0.25, -0.2) is 0 Å². The minimum absolute atomic E-state index is 0.0615. The Balaban J connectivity index is 2.76. The van der Waals surface area contributed by atoms with Gasteiger partial charge >= 0.3 is 0 Å². The number of para-hydroxylation sites is 1. The molecule has 5 nitrogen and oxygen atoms in total. The van der Waals surface area contributed by atoms with Crippen LogP contribution in [0.25, 0.3) is 0 Å². The maximum atomic E-state index is 12.6. The fourth-order valence-electron chi connectivity index (χ4n) is 2.11. The molecular weight excluding hydrogens is 280 g/mol. The second-order valence-corrected chi connectivity index (χ2v) is 6.07. The van der Waals surface area contributed by atoms with E-state index in [1.165, 1.54) is 0 Å². The molecule has 5 heteroatoms. The van der Waals surface area contributed by atoms with Crippen molar-refractivity contribution in [2.45, 2.75) is 20.8 Å². The Morgan fingerprint density at radius 1 is 1.27 bits per heavy atom. The smallest absolute Gasteiger partial charge is 0.257 e. The average Bonchev–Trinajstić information content (AvgIpc) is 2.51. The van der Waals surface area contributed by atoms with Crippen LogP contribution in [0.5, 0.6) is 5.75 Å². The zero-order valence-corrected chi connectivity index (χ0v) is 14.1. The van der Waals surface area contributed by atoms with E-state index in [9.17, 15) is 4.79 Å². The molecule has 1 aromatic rings. The molecule has 0 heterocycles. The maximum absolute atomic E-state index is 12.6. The lowest BCUT2D eigenvalue weighted by Crippen LogP contribution is -2.39. The van der Waals surface area contributed by atoms with Gasteiger partial charge in [-0.1, -0.05) is 26.0 Å². The molecule has 0 aliphatic carbocycles. The third kappa shape index (κ3) is 5.66. The van der Waals surface area contributed by atoms with E-state index in [1.807, 2.05) is 32.9 Å². The van der Waals surface area contributed by atoms with Crippen molar-refractivity contribution in [2.24, 2.45) is 11.1 Å². The fraction of sp³-hybridized carbons (Fsp3) is 0.588. The summed E-state index contributed by atoms with van der Waals surface area (Å²) >= 11 is 0. The van der Waals surface area contributed by atoms with E-state index in [2.05, 4.69) is 0 Å². The summed E-state index contributed by atoms with van der Waals surface area (Å²) in [5.74, 6) is 0.526. The van der Waals surface area contributed by atoms with Crippen molar-refractivity contribution >= 4 is 5.91 Å². The molecular formula is C17H28N2O3. The molecule has 0 aromatic heterocycles. The molecule has 0 radical (unpaired) electrons. The summed E-state index contributed by atoms with van der Waals surface area (Å²) in [7, 11) is 1.79. The third-order valence-corrected chi connectivity index (χ3v) is 3.37. The monoisotopic (exact) mass is 308 g/mol. The van der Waals surface area contributed by atoms with Crippen LogP contribution in [-0.4, -0.2) is 50.8 Å². The highest BCUT2D eigenvalue weighted by Crippen LogP contribution is 2.21. The Morgan fingerprint density at radius 2 is 1.95 bits per heavy atom. The highest BCUT2D eigenvalue weighted by Gasteiger charge is 2.23. The van der Waals surface area contributed by atoms with Gasteiger partial charge in [0.05, 0.1) is 12.2 Å². The SMILES string of the molecule is CCOCCOc1ccccc1C(=O)N(C)CC(C)(C)CN. The summed E-state index contributed by atoms with van der Waals surface area (Å²) in [4.78, 5) is 14.3. The first kappa shape index (κ1) is 18.5. The highest BCUT2D eigenvalue weighted by atomic mass is 16.5. The lowest BCUT2D eigenvalue weighted by Gasteiger charge is -2.29. The van der Waals surface area contributed by atoms with Crippen LogP contribution in [0.4, 0.5) is 0 Å². The summed E-state index contributed by atoms with van der Waals surface area (Å²) in [6, 6.07) is 7.28. The van der Waals surface area contributed by atoms with Crippen LogP contribution in [0.3, 0.4) is 0 Å². The Bertz CT molecular complexity index is 475. The van der Waals surface area contributed by atoms with Crippen molar-refractivity contribution in [1.29, 1.82) is 0 Å². The number of benzene rings is 1. The Hall–Kier alpha value is -1.59. The largest absolute Gasteiger partial charge is 0.490 e. The lowest BCUT2D eigenvalue weighted by atomic mass is 9.93. The Kier molecular flexibility index (Phi) is 7.35. The van der Waals surface area contributed by atoms with E-state index in [-0.39, 0.29) is 11.3 Å². The van der Waals surface area contributed by atoms with Gasteiger partial charge in [-0.15, -0.1) is 0 Å². The van der Waals surface area contributed by atoms with Crippen molar-refractivity contribution in [3.63, 3.8) is 0 Å². The Morgan fingerprint density at radius 3 is 2.59 bits per heavy atom. The molecule has 0 aliphatic rings. The summed E-state index contributed by atoms with van der Waals surface area (Å²) in [6.45, 7) is 8.73. The minimum atomic E-state index is -0.116. The first-order chi connectivity index (χ1) is 10.4. The van der Waals surface area contributed by atoms with Gasteiger partial charge in [-0.2, -0.15) is 0 Å². The molecule has 0 unspecified atom stereocenters. The second kappa shape index (κ2) is 8.76. The fourth-order valence-corrected chi connectivity index (χ4v) is 2.11. The van der Waals surface area contributed by atoms with Gasteiger partial charge in [0.1, 0.15) is 12.4 Å². The molecule has 0 bridgehead atoms. The number of nitrogens with zero attached hydrogens (tertiary/aromatic N) is 1. The topological polar surface area (TPSA) is 64.8 Å². The number of ether oxygens (including phenoxy) is 2. The molecule has 0 fully saturated rings. The minimum Gasteiger partial charge on any atom is -0.490 e. The van der Waals surface area contributed by atoms with E-state index < -0.39 is 0 Å². The quantitative estimate of drug-likeness (QED) is 0.710. The molecule has 0 aliphatic heterocycles. The first-order valence-corrected chi connectivity index (χ1v) is 7.66. The number of rotatable bonds is 9. The predicted octanol–water partition coefficient (Wildman–Crippen LogP) is 2.16. The van der Waals surface area contributed by atoms with Gasteiger partial charge < -0.3 is 20.1 Å². The van der Waals surface area contributed by atoms with Crippen molar-refractivity contribution in [1.82, 2.24) is 4.90 Å². The molecule has 0 saturated carbocycles. The predicted molar refractivity (Wildman–Crippen MR) is 88.2 cm³/mol. The van der Waals surface area contributed by atoms with E-state index in [0.717, 1.165) is 0 Å². The lowest BCUT2D eigenvalue weighted by molar-refractivity contribution is 0.0730. The standard InChI is InChI=1S/C17H28N2O3/c1-5-21-10-11-22-15-9-7-6-8-14(15)16(20)19(4)13-17(2,3)12-18/h6-9H,5,10-13,18H2,1-4H3. The number of carbonyl (C=O) groups excluding carboxylic acids is 1. The maximum Gasteiger partial charge on any atom is 0.257 e. The van der Waals surface area contributed by atoms with Crippen LogP contribution < -0.4 is 10.5 Å². The normalized spacial score (nSPS) is 11.3. The van der Waals surface area contributed by atoms with Gasteiger partial charge in [0.2, 0.25) is 0 Å². The molecule has 124 valence electrons. The van der Waals surface area contributed by atoms with Crippen molar-refractivity contribution in [3.05, 3.63) is 29.8 Å². The first-order valence-electron chi connectivity index (χ1n) is 7.66. The van der Waals surface area contributed by atoms with Crippen LogP contribution in [-0.2, 0) is 4.74 Å². The molecule has 1 rings (SSSR count). The molecule has 22 heavy (non-hydrogen) atoms. The number of amides is 1. The number of carbonyl (C=O) groups is 1. The van der Waals surface area contributed by atoms with Crippen LogP contribution >= 0.6 is 0 Å². The van der Waals surface area contributed by atoms with E-state index in [1.54, 1.807) is 24.1 Å². The van der Waals surface area contributed by atoms with Crippen LogP contribution in [0, 0.1) is 5.41 Å². The van der Waals surface area contributed by atoms with Crippen LogP contribution in [0.15, 0.2) is 24.3 Å². The number of hydrogen-bond donors (Lipinski definition) is 1. The summed E-state index contributed by atoms with van der Waals surface area (Å²) in [5, 5.41) is 0. The van der Waals surface area contributed by atoms with Gasteiger partial charge in [0.25, 0.3) is 5.91 Å². The van der Waals surface area contributed by atoms with Gasteiger partial charge in [0, 0.05) is 20.2 Å². The molecule has 0 spiro atoms. The van der Waals surface area contributed by atoms with Crippen LogP contribution in [0.2, 0.25) is 0 Å². The Labute approximate surface area is 133 Å². The molecule has 0 saturated heterocycles. The molecule has 0 atom stereocenters. The third-order valence-electron chi connectivity index (χ3n) is 3.37. The molecule has 2 N–H and O–H groups in total. The van der Waals surface area contributed by atoms with Crippen LogP contribution in [0.1, 0.15) is 31.1 Å². The summed E-state index contributed by atoms with van der Waals surface area (Å²) in [5.41, 5.74) is 6.19. The summed E-state index contributed by atoms with van der Waals surface area (Å²) < 4.78 is 10.9. The van der Waals surface area contributed by atoms with E-state index in [4.69, 9.17) is 15.2 Å². The summed E-state index contributed by atoms with van der Waals surface area (Å²) in [6.07, 6.45) is 0. The van der Waals surface area contributed by atoms with Crippen molar-refractivity contribution < 1.29 is 14.3 Å². The van der Waals surface area contributed by atoms with E-state index >= 15 is 0 Å². The number of hydrogen-bond acceptors (Lipinski definition) is 4. The van der Waals surface area contributed by atoms with Crippen molar-refractivity contribution in [3.8, 4) is 5.75 Å². The average molecular weight is 308 g/mol. The highest BCUT2D eigenvalue weighted by molar-refractivity contribution is 5.96. The second-order valence-electron chi connectivity index (χ2n) is 6.07. The van der Waals surface area contributed by atoms with Gasteiger partial charge in [-0.05, 0) is 31.0 Å². The zero-order chi connectivity index (χ0) is 16.6. The zero-order valence-electron chi connectivity index (χ0n) is 14.1. The van der Waals surface area contributed by atoms with Gasteiger partial charge in [-0.3, -0.25) is 4.79 Å². The number of nitrogens with two attached hydrogens (primary N) is 1. The van der Waals surface area contributed by atoms with Crippen molar-refractivity contribution in [2.75, 3.05) is 40.0 Å². The van der Waals surface area contributed by atoms with E-state index in [0.29, 0.717) is 44.2 Å².